The van der Waals surface area contributed by atoms with E-state index in [0.717, 1.165) is 11.8 Å². The second-order valence-corrected chi connectivity index (χ2v) is 3.70. The van der Waals surface area contributed by atoms with Crippen molar-refractivity contribution in [2.24, 2.45) is 11.8 Å². The van der Waals surface area contributed by atoms with Gasteiger partial charge in [0.05, 0.1) is 0 Å². The summed E-state index contributed by atoms with van der Waals surface area (Å²) in [5.41, 5.74) is 0. The Labute approximate surface area is 62.7 Å². The maximum atomic E-state index is 2.46. The molecule has 2 aliphatic heterocycles. The normalized spacial score (nSPS) is 40.1. The third kappa shape index (κ3) is 1.10. The molecule has 0 amide bonds. The van der Waals surface area contributed by atoms with E-state index in [-0.39, 0.29) is 0 Å². The zero-order valence-corrected chi connectivity index (χ0v) is 6.59. The van der Waals surface area contributed by atoms with Crippen LogP contribution < -0.4 is 0 Å². The van der Waals surface area contributed by atoms with Gasteiger partial charge in [0.25, 0.3) is 0 Å². The largest absolute Gasteiger partial charge is 0.305 e. The van der Waals surface area contributed by atoms with Gasteiger partial charge in [-0.15, -0.1) is 0 Å². The maximum absolute atomic E-state index is 2.46. The molecule has 1 heteroatoms. The molecule has 1 nitrogen and oxygen atoms in total. The van der Waals surface area contributed by atoms with Gasteiger partial charge in [-0.25, -0.2) is 0 Å². The third-order valence-electron chi connectivity index (χ3n) is 2.66. The number of hydrogen-bond acceptors (Lipinski definition) is 1. The zero-order valence-electron chi connectivity index (χ0n) is 6.59. The second kappa shape index (κ2) is 2.39. The van der Waals surface area contributed by atoms with Crippen LogP contribution in [0.3, 0.4) is 0 Å². The molecule has 3 rings (SSSR count). The van der Waals surface area contributed by atoms with Crippen molar-refractivity contribution >= 4 is 0 Å². The van der Waals surface area contributed by atoms with Crippen LogP contribution in [0.2, 0.25) is 0 Å². The van der Waals surface area contributed by atoms with Crippen molar-refractivity contribution in [1.29, 1.82) is 0 Å². The summed E-state index contributed by atoms with van der Waals surface area (Å²) in [4.78, 5) is 2.46. The van der Waals surface area contributed by atoms with E-state index >= 15 is 0 Å². The molecule has 0 radical (unpaired) electrons. The fourth-order valence-corrected chi connectivity index (χ4v) is 2.11. The van der Waals surface area contributed by atoms with Gasteiger partial charge in [-0.2, -0.15) is 0 Å². The van der Waals surface area contributed by atoms with Crippen molar-refractivity contribution in [2.45, 2.75) is 12.8 Å². The highest BCUT2D eigenvalue weighted by Crippen LogP contribution is 2.27. The lowest BCUT2D eigenvalue weighted by atomic mass is 9.91. The Morgan fingerprint density at radius 1 is 1.10 bits per heavy atom. The smallest absolute Gasteiger partial charge is 0.00415 e. The maximum Gasteiger partial charge on any atom is 0.00415 e. The van der Waals surface area contributed by atoms with Crippen LogP contribution in [0, 0.1) is 11.8 Å². The van der Waals surface area contributed by atoms with Crippen LogP contribution in [-0.4, -0.2) is 25.0 Å². The van der Waals surface area contributed by atoms with E-state index in [2.05, 4.69) is 24.1 Å². The lowest BCUT2D eigenvalue weighted by Gasteiger charge is -2.14. The van der Waals surface area contributed by atoms with Crippen LogP contribution in [-0.2, 0) is 0 Å². The lowest BCUT2D eigenvalue weighted by molar-refractivity contribution is 0.315. The average Bonchev–Trinajstić information content (AvgIpc) is 2.17. The Bertz CT molecular complexity index is 135. The van der Waals surface area contributed by atoms with E-state index in [9.17, 15) is 0 Å². The van der Waals surface area contributed by atoms with Crippen LogP contribution in [0.1, 0.15) is 12.8 Å². The van der Waals surface area contributed by atoms with Crippen molar-refractivity contribution in [3.8, 4) is 0 Å². The Balaban J connectivity index is 2.14. The third-order valence-corrected chi connectivity index (χ3v) is 2.66. The van der Waals surface area contributed by atoms with Crippen LogP contribution in [0.5, 0.6) is 0 Å². The lowest BCUT2D eigenvalue weighted by Crippen LogP contribution is -2.23. The summed E-state index contributed by atoms with van der Waals surface area (Å²) < 4.78 is 0. The summed E-state index contributed by atoms with van der Waals surface area (Å²) >= 11 is 0. The molecule has 56 valence electrons. The predicted molar refractivity (Wildman–Crippen MR) is 42.9 cm³/mol. The van der Waals surface area contributed by atoms with Gasteiger partial charge in [0.15, 0.2) is 0 Å². The average molecular weight is 137 g/mol. The molecule has 0 saturated carbocycles. The van der Waals surface area contributed by atoms with Crippen LogP contribution in [0.15, 0.2) is 12.2 Å². The Morgan fingerprint density at radius 2 is 1.60 bits per heavy atom. The van der Waals surface area contributed by atoms with E-state index in [4.69, 9.17) is 0 Å². The summed E-state index contributed by atoms with van der Waals surface area (Å²) in [6, 6.07) is 0. The van der Waals surface area contributed by atoms with Crippen molar-refractivity contribution in [1.82, 2.24) is 4.90 Å². The molecular weight excluding hydrogens is 122 g/mol. The van der Waals surface area contributed by atoms with Gasteiger partial charge in [-0.05, 0) is 31.7 Å². The molecule has 2 atom stereocenters. The summed E-state index contributed by atoms with van der Waals surface area (Å²) in [7, 11) is 2.23. The number of fused-ring (bicyclic) bond motifs is 3. The van der Waals surface area contributed by atoms with Crippen molar-refractivity contribution in [3.63, 3.8) is 0 Å². The molecule has 2 heterocycles. The van der Waals surface area contributed by atoms with Crippen molar-refractivity contribution in [3.05, 3.63) is 12.2 Å². The monoisotopic (exact) mass is 137 g/mol. The first-order chi connectivity index (χ1) is 4.84. The summed E-state index contributed by atoms with van der Waals surface area (Å²) in [6.45, 7) is 2.57. The highest BCUT2D eigenvalue weighted by molar-refractivity contribution is 5.02. The molecule has 10 heavy (non-hydrogen) atoms. The molecule has 3 aliphatic rings. The molecular formula is C9H15N. The molecule has 0 aromatic rings. The van der Waals surface area contributed by atoms with E-state index in [1.807, 2.05) is 0 Å². The second-order valence-electron chi connectivity index (χ2n) is 3.70. The van der Waals surface area contributed by atoms with Crippen LogP contribution >= 0.6 is 0 Å². The molecule has 1 saturated heterocycles. The molecule has 0 aromatic heterocycles. The van der Waals surface area contributed by atoms with Gasteiger partial charge >= 0.3 is 0 Å². The minimum atomic E-state index is 0.865. The molecule has 0 spiro atoms. The molecule has 2 bridgehead atoms. The number of rotatable bonds is 0. The topological polar surface area (TPSA) is 3.24 Å². The summed E-state index contributed by atoms with van der Waals surface area (Å²) in [6.07, 6.45) is 7.67. The van der Waals surface area contributed by atoms with Crippen LogP contribution in [0.25, 0.3) is 0 Å². The minimum Gasteiger partial charge on any atom is -0.305 e. The van der Waals surface area contributed by atoms with E-state index in [1.54, 1.807) is 0 Å². The highest BCUT2D eigenvalue weighted by atomic mass is 15.1. The Kier molecular flexibility index (Phi) is 1.53. The summed E-state index contributed by atoms with van der Waals surface area (Å²) in [5, 5.41) is 0. The summed E-state index contributed by atoms with van der Waals surface area (Å²) in [5.74, 6) is 1.73. The predicted octanol–water partition coefficient (Wildman–Crippen LogP) is 1.51. The van der Waals surface area contributed by atoms with Gasteiger partial charge in [-0.3, -0.25) is 0 Å². The van der Waals surface area contributed by atoms with Gasteiger partial charge in [-0.1, -0.05) is 12.2 Å². The molecule has 0 aromatic carbocycles. The Hall–Kier alpha value is -0.300. The molecule has 1 aliphatic carbocycles. The molecule has 2 unspecified atom stereocenters. The fourth-order valence-electron chi connectivity index (χ4n) is 2.11. The van der Waals surface area contributed by atoms with Crippen LogP contribution in [0.4, 0.5) is 0 Å². The standard InChI is InChI=1S/C9H15N/c1-10-6-8-2-3-9(7-10)5-4-8/h2-3,8-9H,4-7H2,1H3. The Morgan fingerprint density at radius 3 is 2.00 bits per heavy atom. The van der Waals surface area contributed by atoms with Crippen molar-refractivity contribution in [2.75, 3.05) is 20.1 Å². The first-order valence-electron chi connectivity index (χ1n) is 4.21. The SMILES string of the molecule is CN1CC2C=CC(CC2)C1. The van der Waals surface area contributed by atoms with E-state index in [0.29, 0.717) is 0 Å². The first-order valence-corrected chi connectivity index (χ1v) is 4.21. The first kappa shape index (κ1) is 6.41. The zero-order chi connectivity index (χ0) is 6.97. The van der Waals surface area contributed by atoms with Gasteiger partial charge in [0.1, 0.15) is 0 Å². The van der Waals surface area contributed by atoms with E-state index < -0.39 is 0 Å². The highest BCUT2D eigenvalue weighted by Gasteiger charge is 2.22. The fraction of sp³-hybridized carbons (Fsp3) is 0.778. The number of nitrogens with zero attached hydrogens (tertiary/aromatic N) is 1. The van der Waals surface area contributed by atoms with Crippen molar-refractivity contribution < 1.29 is 0 Å². The minimum absolute atomic E-state index is 0.865. The van der Waals surface area contributed by atoms with Gasteiger partial charge < -0.3 is 4.90 Å². The quantitative estimate of drug-likeness (QED) is 0.457. The van der Waals surface area contributed by atoms with E-state index in [1.165, 1.54) is 25.9 Å². The van der Waals surface area contributed by atoms with Gasteiger partial charge in [0.2, 0.25) is 0 Å². The number of hydrogen-bond donors (Lipinski definition) is 0. The van der Waals surface area contributed by atoms with Gasteiger partial charge in [0, 0.05) is 13.1 Å². The molecule has 1 fully saturated rings. The molecule has 0 N–H and O–H groups in total.